The van der Waals surface area contributed by atoms with Gasteiger partial charge in [0.05, 0.1) is 1.37 Å². The molecule has 128 valence electrons. The Balaban J connectivity index is 2.48. The largest absolute Gasteiger partial charge is 0.309 e. The van der Waals surface area contributed by atoms with Crippen LogP contribution in [0.5, 0.6) is 0 Å². The van der Waals surface area contributed by atoms with Crippen molar-refractivity contribution in [2.75, 3.05) is 0 Å². The van der Waals surface area contributed by atoms with Crippen molar-refractivity contribution in [2.45, 2.75) is 52.4 Å². The third kappa shape index (κ3) is 4.95. The molecule has 0 aliphatic carbocycles. The highest BCUT2D eigenvalue weighted by atomic mass is 31.2. The van der Waals surface area contributed by atoms with Gasteiger partial charge in [-0.1, -0.05) is 99.3 Å². The zero-order chi connectivity index (χ0) is 18.1. The molecule has 2 heteroatoms. The van der Waals surface area contributed by atoms with Crippen molar-refractivity contribution < 1.29 is 5.94 Å². The summed E-state index contributed by atoms with van der Waals surface area (Å²) in [6.45, 7) is 4.27. The average molecular weight is 341 g/mol. The van der Waals surface area contributed by atoms with E-state index in [4.69, 9.17) is 1.37 Å². The molecule has 0 amide bonds. The second-order valence-corrected chi connectivity index (χ2v) is 8.63. The van der Waals surface area contributed by atoms with E-state index in [2.05, 4.69) is 13.8 Å². The predicted molar refractivity (Wildman–Crippen MR) is 107 cm³/mol. The van der Waals surface area contributed by atoms with E-state index < -0.39 is 7.14 Å². The van der Waals surface area contributed by atoms with Crippen LogP contribution in [0.3, 0.4) is 0 Å². The molecule has 2 aromatic carbocycles. The normalized spacial score (nSPS) is 13.3. The van der Waals surface area contributed by atoms with Gasteiger partial charge >= 0.3 is 0 Å². The van der Waals surface area contributed by atoms with E-state index in [0.29, 0.717) is 5.79 Å². The molecule has 0 unspecified atom stereocenters. The first-order chi connectivity index (χ1) is 12.1. The van der Waals surface area contributed by atoms with Gasteiger partial charge in [-0.25, -0.2) is 0 Å². The van der Waals surface area contributed by atoms with Gasteiger partial charge in [-0.3, -0.25) is 0 Å². The fraction of sp³-hybridized carbons (Fsp3) is 0.364. The minimum Gasteiger partial charge on any atom is -0.309 e. The van der Waals surface area contributed by atoms with Gasteiger partial charge in [-0.05, 0) is 25.1 Å². The Kier molecular flexibility index (Phi) is 6.93. The molecule has 0 atom stereocenters. The molecular weight excluding hydrogens is 311 g/mol. The van der Waals surface area contributed by atoms with Gasteiger partial charge in [-0.15, -0.1) is 0 Å². The van der Waals surface area contributed by atoms with E-state index in [1.807, 2.05) is 60.7 Å². The lowest BCUT2D eigenvalue weighted by molar-refractivity contribution is 0.591. The molecule has 2 rings (SSSR count). The van der Waals surface area contributed by atoms with Gasteiger partial charge in [0.25, 0.3) is 0 Å². The lowest BCUT2D eigenvalue weighted by atomic mass is 10.1. The number of unbranched alkanes of at least 4 members (excludes halogenated alkanes) is 3. The summed E-state index contributed by atoms with van der Waals surface area (Å²) in [4.78, 5) is 0. The van der Waals surface area contributed by atoms with Crippen molar-refractivity contribution >= 4 is 17.8 Å². The van der Waals surface area contributed by atoms with Crippen LogP contribution in [0.15, 0.2) is 72.0 Å². The lowest BCUT2D eigenvalue weighted by Crippen LogP contribution is -2.14. The number of rotatable bonds is 9. The zero-order valence-electron chi connectivity index (χ0n) is 15.9. The van der Waals surface area contributed by atoms with Crippen molar-refractivity contribution in [3.8, 4) is 0 Å². The molecule has 0 aliphatic heterocycles. The van der Waals surface area contributed by atoms with Crippen LogP contribution in [0, 0.1) is 0 Å². The number of allylic oxidation sites excluding steroid dienone is 1. The Morgan fingerprint density at radius 3 is 1.92 bits per heavy atom. The molecule has 2 aromatic rings. The Labute approximate surface area is 148 Å². The first-order valence-electron chi connectivity index (χ1n) is 9.55. The molecule has 0 saturated heterocycles. The van der Waals surface area contributed by atoms with Crippen molar-refractivity contribution in [2.24, 2.45) is 0 Å². The summed E-state index contributed by atoms with van der Waals surface area (Å²) in [6, 6.07) is 19.1. The second-order valence-electron chi connectivity index (χ2n) is 6.16. The third-order valence-electron chi connectivity index (χ3n) is 4.31. The maximum atomic E-state index is 14.2. The van der Waals surface area contributed by atoms with E-state index in [9.17, 15) is 4.57 Å². The minimum atomic E-state index is -3.10. The highest BCUT2D eigenvalue weighted by molar-refractivity contribution is 7.81. The van der Waals surface area contributed by atoms with Gasteiger partial charge in [-0.2, -0.15) is 0 Å². The second kappa shape index (κ2) is 9.64. The number of benzene rings is 2. The van der Waals surface area contributed by atoms with Crippen LogP contribution in [-0.2, 0) is 4.57 Å². The van der Waals surface area contributed by atoms with Crippen LogP contribution in [0.25, 0.3) is 0 Å². The molecule has 0 N–H and O–H groups in total. The minimum absolute atomic E-state index is 0.337. The summed E-state index contributed by atoms with van der Waals surface area (Å²) in [5.74, 6) is 0.337. The van der Waals surface area contributed by atoms with E-state index in [1.54, 1.807) is 0 Å². The van der Waals surface area contributed by atoms with Crippen LogP contribution in [0.2, 0.25) is 0 Å². The first kappa shape index (κ1) is 17.2. The highest BCUT2D eigenvalue weighted by Gasteiger charge is 2.24. The summed E-state index contributed by atoms with van der Waals surface area (Å²) < 4.78 is 23.0. The van der Waals surface area contributed by atoms with Crippen LogP contribution in [-0.4, -0.2) is 0 Å². The molecule has 0 aromatic heterocycles. The molecule has 0 saturated carbocycles. The first-order valence-corrected chi connectivity index (χ1v) is 10.8. The average Bonchev–Trinajstić information content (AvgIpc) is 2.68. The SMILES string of the molecule is [2H]/C(=C(\CC)CCCCCC)P(=O)(c1ccccc1)c1ccccc1. The van der Waals surface area contributed by atoms with E-state index in [1.165, 1.54) is 19.3 Å². The monoisotopic (exact) mass is 341 g/mol. The van der Waals surface area contributed by atoms with E-state index in [0.717, 1.165) is 35.4 Å². The zero-order valence-corrected chi connectivity index (χ0v) is 15.8. The highest BCUT2D eigenvalue weighted by Crippen LogP contribution is 2.46. The third-order valence-corrected chi connectivity index (χ3v) is 7.00. The van der Waals surface area contributed by atoms with E-state index in [-0.39, 0.29) is 0 Å². The molecule has 0 fully saturated rings. The van der Waals surface area contributed by atoms with Crippen molar-refractivity contribution in [3.63, 3.8) is 0 Å². The smallest absolute Gasteiger partial charge is 0.164 e. The fourth-order valence-corrected chi connectivity index (χ4v) is 5.31. The Morgan fingerprint density at radius 1 is 0.917 bits per heavy atom. The Morgan fingerprint density at radius 2 is 1.46 bits per heavy atom. The number of hydrogen-bond donors (Lipinski definition) is 0. The predicted octanol–water partition coefficient (Wildman–Crippen LogP) is 6.26. The quantitative estimate of drug-likeness (QED) is 0.388. The van der Waals surface area contributed by atoms with Crippen LogP contribution in [0.1, 0.15) is 53.7 Å². The van der Waals surface area contributed by atoms with Crippen LogP contribution < -0.4 is 10.6 Å². The lowest BCUT2D eigenvalue weighted by Gasteiger charge is -2.18. The topological polar surface area (TPSA) is 17.1 Å². The van der Waals surface area contributed by atoms with Gasteiger partial charge in [0, 0.05) is 10.6 Å². The Hall–Kier alpha value is -1.59. The summed E-state index contributed by atoms with van der Waals surface area (Å²) in [5, 5.41) is 1.51. The molecule has 0 radical (unpaired) electrons. The number of hydrogen-bond acceptors (Lipinski definition) is 1. The molecule has 0 bridgehead atoms. The molecule has 24 heavy (non-hydrogen) atoms. The molecular formula is C22H29OP. The van der Waals surface area contributed by atoms with Gasteiger partial charge in [0.15, 0.2) is 7.14 Å². The van der Waals surface area contributed by atoms with Crippen LogP contribution in [0.4, 0.5) is 0 Å². The maximum absolute atomic E-state index is 14.2. The van der Waals surface area contributed by atoms with Crippen molar-refractivity contribution in [3.05, 3.63) is 72.0 Å². The van der Waals surface area contributed by atoms with Crippen molar-refractivity contribution in [1.82, 2.24) is 0 Å². The van der Waals surface area contributed by atoms with Crippen molar-refractivity contribution in [1.29, 1.82) is 0 Å². The molecule has 0 spiro atoms. The molecule has 0 aliphatic rings. The summed E-state index contributed by atoms with van der Waals surface area (Å²) in [7, 11) is -3.10. The fourth-order valence-electron chi connectivity index (χ4n) is 2.85. The van der Waals surface area contributed by atoms with Gasteiger partial charge in [0.2, 0.25) is 0 Å². The molecule has 0 heterocycles. The standard InChI is InChI=1S/C22H29OP/c1-3-5-6-9-14-20(4-2)19-24(23,21-15-10-7-11-16-21)22-17-12-8-13-18-22/h7-8,10-13,15-19H,3-6,9,14H2,1-2H3/b20-19-/i19D. The summed E-state index contributed by atoms with van der Waals surface area (Å²) in [6.07, 6.45) is 6.33. The van der Waals surface area contributed by atoms with E-state index >= 15 is 0 Å². The molecule has 1 nitrogen and oxygen atoms in total. The van der Waals surface area contributed by atoms with Gasteiger partial charge < -0.3 is 4.57 Å². The Bertz CT molecular complexity index is 679. The maximum Gasteiger partial charge on any atom is 0.164 e. The van der Waals surface area contributed by atoms with Crippen LogP contribution >= 0.6 is 7.14 Å². The summed E-state index contributed by atoms with van der Waals surface area (Å²) >= 11 is 0. The van der Waals surface area contributed by atoms with Gasteiger partial charge in [0.1, 0.15) is 0 Å². The summed E-state index contributed by atoms with van der Waals surface area (Å²) in [5.41, 5.74) is 1.03.